The number of amidine groups is 1. The number of aliphatic imine (C=N–C) groups is 1. The van der Waals surface area contributed by atoms with Crippen LogP contribution >= 0.6 is 0 Å². The largest absolute Gasteiger partial charge is 0.368 e. The second kappa shape index (κ2) is 5.86. The van der Waals surface area contributed by atoms with Crippen molar-refractivity contribution in [3.05, 3.63) is 54.0 Å². The topological polar surface area (TPSA) is 72.1 Å². The molecule has 0 atom stereocenters. The number of benzene rings is 1. The predicted molar refractivity (Wildman–Crippen MR) is 95.9 cm³/mol. The van der Waals surface area contributed by atoms with Crippen LogP contribution in [0.1, 0.15) is 11.3 Å². The van der Waals surface area contributed by atoms with Gasteiger partial charge in [-0.2, -0.15) is 5.10 Å². The summed E-state index contributed by atoms with van der Waals surface area (Å²) in [6.45, 7) is 4.46. The van der Waals surface area contributed by atoms with Crippen LogP contribution in [0.2, 0.25) is 0 Å². The molecule has 0 unspecified atom stereocenters. The van der Waals surface area contributed by atoms with Gasteiger partial charge in [0.2, 0.25) is 0 Å². The maximum absolute atomic E-state index is 4.74. The second-order valence-electron chi connectivity index (χ2n) is 6.25. The van der Waals surface area contributed by atoms with E-state index >= 15 is 0 Å². The van der Waals surface area contributed by atoms with Gasteiger partial charge in [-0.05, 0) is 18.2 Å². The van der Waals surface area contributed by atoms with E-state index in [9.17, 15) is 0 Å². The molecule has 0 fully saturated rings. The van der Waals surface area contributed by atoms with Crippen molar-refractivity contribution < 1.29 is 0 Å². The molecule has 0 saturated heterocycles. The Morgan fingerprint density at radius 3 is 3.00 bits per heavy atom. The van der Waals surface area contributed by atoms with Gasteiger partial charge in [0.05, 0.1) is 18.8 Å². The van der Waals surface area contributed by atoms with Crippen LogP contribution in [0.3, 0.4) is 0 Å². The number of rotatable bonds is 3. The third kappa shape index (κ3) is 2.53. The van der Waals surface area contributed by atoms with E-state index in [0.717, 1.165) is 61.3 Å². The molecule has 2 aromatic heterocycles. The molecule has 0 amide bonds. The van der Waals surface area contributed by atoms with Crippen molar-refractivity contribution in [1.82, 2.24) is 30.0 Å². The van der Waals surface area contributed by atoms with Gasteiger partial charge in [0.25, 0.3) is 0 Å². The lowest BCUT2D eigenvalue weighted by molar-refractivity contribution is 0.476. The fourth-order valence-corrected chi connectivity index (χ4v) is 3.40. The van der Waals surface area contributed by atoms with Gasteiger partial charge >= 0.3 is 0 Å². The Labute approximate surface area is 145 Å². The highest BCUT2D eigenvalue weighted by Gasteiger charge is 2.17. The lowest BCUT2D eigenvalue weighted by Gasteiger charge is -2.13. The van der Waals surface area contributed by atoms with Gasteiger partial charge in [0.15, 0.2) is 5.82 Å². The van der Waals surface area contributed by atoms with E-state index in [2.05, 4.69) is 60.2 Å². The zero-order chi connectivity index (χ0) is 16.6. The molecule has 7 heteroatoms. The molecule has 0 radical (unpaired) electrons. The summed E-state index contributed by atoms with van der Waals surface area (Å²) in [6, 6.07) is 10.5. The predicted octanol–water partition coefficient (Wildman–Crippen LogP) is 1.19. The molecular weight excluding hydrogens is 314 g/mol. The number of nitrogens with one attached hydrogen (secondary N) is 2. The van der Waals surface area contributed by atoms with Crippen molar-refractivity contribution in [3.8, 4) is 17.2 Å². The van der Waals surface area contributed by atoms with E-state index in [0.29, 0.717) is 0 Å². The first-order valence-electron chi connectivity index (χ1n) is 8.59. The van der Waals surface area contributed by atoms with Crippen molar-refractivity contribution in [2.75, 3.05) is 19.6 Å². The van der Waals surface area contributed by atoms with E-state index < -0.39 is 0 Å². The van der Waals surface area contributed by atoms with Gasteiger partial charge < -0.3 is 10.6 Å². The van der Waals surface area contributed by atoms with Gasteiger partial charge in [-0.15, -0.1) is 0 Å². The van der Waals surface area contributed by atoms with Crippen LogP contribution in [0.15, 0.2) is 47.7 Å². The average Bonchev–Trinajstić information content (AvgIpc) is 3.41. The number of fused-ring (bicyclic) bond motifs is 1. The third-order valence-electron chi connectivity index (χ3n) is 4.61. The minimum absolute atomic E-state index is 0.837. The summed E-state index contributed by atoms with van der Waals surface area (Å²) in [5.74, 6) is 1.83. The number of aromatic nitrogens is 4. The smallest absolute Gasteiger partial charge is 0.165 e. The molecule has 4 heterocycles. The van der Waals surface area contributed by atoms with Crippen LogP contribution in [-0.2, 0) is 13.1 Å². The summed E-state index contributed by atoms with van der Waals surface area (Å²) in [5.41, 5.74) is 4.27. The fraction of sp³-hybridized carbons (Fsp3) is 0.278. The molecule has 0 aliphatic carbocycles. The van der Waals surface area contributed by atoms with Crippen molar-refractivity contribution in [2.24, 2.45) is 4.99 Å². The third-order valence-corrected chi connectivity index (χ3v) is 4.61. The highest BCUT2D eigenvalue weighted by atomic mass is 15.3. The summed E-state index contributed by atoms with van der Waals surface area (Å²) >= 11 is 0. The standard InChI is InChI=1S/C18H19N7/c1-2-13(17-20-4-5-21-17)10-14(3-1)24-8-7-22-18(24)16-11-15-12-19-6-9-25(15)23-16/h1-3,7-8,10-11,19H,4-6,9,12H2,(H,20,21). The Morgan fingerprint density at radius 1 is 1.12 bits per heavy atom. The Balaban J connectivity index is 1.55. The molecule has 0 spiro atoms. The van der Waals surface area contributed by atoms with E-state index in [1.54, 1.807) is 0 Å². The van der Waals surface area contributed by atoms with Crippen molar-refractivity contribution in [1.29, 1.82) is 0 Å². The summed E-state index contributed by atoms with van der Waals surface area (Å²) < 4.78 is 4.15. The number of hydrogen-bond donors (Lipinski definition) is 2. The Bertz CT molecular complexity index is 926. The highest BCUT2D eigenvalue weighted by Crippen LogP contribution is 2.23. The molecule has 0 saturated carbocycles. The first-order valence-corrected chi connectivity index (χ1v) is 8.59. The van der Waals surface area contributed by atoms with Gasteiger partial charge in [0.1, 0.15) is 11.5 Å². The summed E-state index contributed by atoms with van der Waals surface area (Å²) in [4.78, 5) is 9.07. The van der Waals surface area contributed by atoms with E-state index in [1.165, 1.54) is 5.69 Å². The second-order valence-corrected chi connectivity index (χ2v) is 6.25. The van der Waals surface area contributed by atoms with E-state index in [4.69, 9.17) is 5.10 Å². The number of imidazole rings is 1. The monoisotopic (exact) mass is 333 g/mol. The van der Waals surface area contributed by atoms with Crippen LogP contribution in [0.4, 0.5) is 0 Å². The normalized spacial score (nSPS) is 16.4. The average molecular weight is 333 g/mol. The van der Waals surface area contributed by atoms with Crippen molar-refractivity contribution >= 4 is 5.84 Å². The van der Waals surface area contributed by atoms with E-state index in [-0.39, 0.29) is 0 Å². The minimum atomic E-state index is 0.837. The zero-order valence-electron chi connectivity index (χ0n) is 13.8. The van der Waals surface area contributed by atoms with Gasteiger partial charge in [0, 0.05) is 43.3 Å². The molecular formula is C18H19N7. The lowest BCUT2D eigenvalue weighted by atomic mass is 10.2. The van der Waals surface area contributed by atoms with Gasteiger partial charge in [-0.1, -0.05) is 12.1 Å². The lowest BCUT2D eigenvalue weighted by Crippen LogP contribution is -2.28. The highest BCUT2D eigenvalue weighted by molar-refractivity contribution is 6.00. The Morgan fingerprint density at radius 2 is 2.12 bits per heavy atom. The van der Waals surface area contributed by atoms with Crippen LogP contribution in [0.5, 0.6) is 0 Å². The molecule has 25 heavy (non-hydrogen) atoms. The van der Waals surface area contributed by atoms with Crippen LogP contribution in [0.25, 0.3) is 17.2 Å². The minimum Gasteiger partial charge on any atom is -0.368 e. The maximum atomic E-state index is 4.74. The molecule has 126 valence electrons. The Kier molecular flexibility index (Phi) is 3.38. The quantitative estimate of drug-likeness (QED) is 0.755. The molecule has 5 rings (SSSR count). The molecule has 3 aromatic rings. The number of hydrogen-bond acceptors (Lipinski definition) is 5. The van der Waals surface area contributed by atoms with E-state index in [1.807, 2.05) is 12.4 Å². The SMILES string of the molecule is c1cc(C2=NCCN2)cc(-n2ccnc2-c2cc3n(n2)CCNC3)c1. The first-order chi connectivity index (χ1) is 12.4. The Hall–Kier alpha value is -2.93. The summed E-state index contributed by atoms with van der Waals surface area (Å²) in [5, 5.41) is 11.4. The van der Waals surface area contributed by atoms with Crippen molar-refractivity contribution in [2.45, 2.75) is 13.1 Å². The zero-order valence-corrected chi connectivity index (χ0v) is 13.8. The fourth-order valence-electron chi connectivity index (χ4n) is 3.40. The molecule has 0 bridgehead atoms. The van der Waals surface area contributed by atoms with Crippen LogP contribution < -0.4 is 10.6 Å². The van der Waals surface area contributed by atoms with Crippen molar-refractivity contribution in [3.63, 3.8) is 0 Å². The summed E-state index contributed by atoms with van der Waals surface area (Å²) in [7, 11) is 0. The molecule has 7 nitrogen and oxygen atoms in total. The van der Waals surface area contributed by atoms with Crippen LogP contribution in [0, 0.1) is 0 Å². The number of nitrogens with zero attached hydrogens (tertiary/aromatic N) is 5. The molecule has 2 N–H and O–H groups in total. The maximum Gasteiger partial charge on any atom is 0.165 e. The summed E-state index contributed by atoms with van der Waals surface area (Å²) in [6.07, 6.45) is 3.80. The van der Waals surface area contributed by atoms with Gasteiger partial charge in [-0.25, -0.2) is 4.98 Å². The molecule has 1 aromatic carbocycles. The first kappa shape index (κ1) is 14.4. The van der Waals surface area contributed by atoms with Gasteiger partial charge in [-0.3, -0.25) is 14.2 Å². The van der Waals surface area contributed by atoms with Crippen LogP contribution in [-0.4, -0.2) is 44.8 Å². The molecule has 2 aliphatic rings. The molecule has 2 aliphatic heterocycles.